The Labute approximate surface area is 206 Å². The minimum Gasteiger partial charge on any atom is -0.507 e. The Balaban J connectivity index is 2.33. The molecule has 2 atom stereocenters. The molecule has 3 N–H and O–H groups in total. The van der Waals surface area contributed by atoms with Gasteiger partial charge in [0, 0.05) is 31.2 Å². The number of aryl methyl sites for hydroxylation is 1. The molecule has 0 aliphatic heterocycles. The molecule has 0 spiro atoms. The van der Waals surface area contributed by atoms with E-state index in [-0.39, 0.29) is 29.2 Å². The third-order valence-electron chi connectivity index (χ3n) is 6.74. The number of aromatic hydroxyl groups is 2. The van der Waals surface area contributed by atoms with Crippen LogP contribution in [0.3, 0.4) is 0 Å². The van der Waals surface area contributed by atoms with Crippen molar-refractivity contribution in [2.24, 2.45) is 5.92 Å². The molecule has 1 aliphatic rings. The maximum atomic E-state index is 13.3. The summed E-state index contributed by atoms with van der Waals surface area (Å²) in [5.41, 5.74) is 3.72. The van der Waals surface area contributed by atoms with Gasteiger partial charge < -0.3 is 20.3 Å². The fourth-order valence-electron chi connectivity index (χ4n) is 4.84. The van der Waals surface area contributed by atoms with Gasteiger partial charge in [0.2, 0.25) is 0 Å². The normalized spacial score (nSPS) is 17.9. The predicted octanol–water partition coefficient (Wildman–Crippen LogP) is 6.78. The lowest BCUT2D eigenvalue weighted by molar-refractivity contribution is 0.0944. The molecule has 0 aromatic heterocycles. The van der Waals surface area contributed by atoms with E-state index < -0.39 is 0 Å². The predicted molar refractivity (Wildman–Crippen MR) is 140 cm³/mol. The number of benzene rings is 1. The van der Waals surface area contributed by atoms with Gasteiger partial charge in [0.25, 0.3) is 5.91 Å². The first kappa shape index (κ1) is 28.0. The second-order valence-corrected chi connectivity index (χ2v) is 9.75. The maximum absolute atomic E-state index is 13.3. The highest BCUT2D eigenvalue weighted by molar-refractivity contribution is 5.99. The monoisotopic (exact) mass is 471 g/mol. The van der Waals surface area contributed by atoms with E-state index in [0.29, 0.717) is 36.3 Å². The SMILES string of the molecule is C=C(C)C1CCC(C)=CC1c1c(O)cc(CCCCC)c(C(=O)NCCCCOCCC)c1O. The van der Waals surface area contributed by atoms with Crippen LogP contribution in [0.4, 0.5) is 0 Å². The Morgan fingerprint density at radius 1 is 1.15 bits per heavy atom. The number of amides is 1. The van der Waals surface area contributed by atoms with Crippen LogP contribution in [0.15, 0.2) is 29.9 Å². The molecule has 0 bridgehead atoms. The number of hydrogen-bond acceptors (Lipinski definition) is 4. The molecular formula is C29H45NO4. The first-order chi connectivity index (χ1) is 16.3. The lowest BCUT2D eigenvalue weighted by atomic mass is 9.73. The average Bonchev–Trinajstić information content (AvgIpc) is 2.78. The second kappa shape index (κ2) is 14.2. The fourth-order valence-corrected chi connectivity index (χ4v) is 4.84. The van der Waals surface area contributed by atoms with E-state index >= 15 is 0 Å². The van der Waals surface area contributed by atoms with Crippen LogP contribution < -0.4 is 5.32 Å². The number of allylic oxidation sites excluding steroid dienone is 3. The first-order valence-corrected chi connectivity index (χ1v) is 13.1. The Morgan fingerprint density at radius 2 is 1.91 bits per heavy atom. The van der Waals surface area contributed by atoms with E-state index in [0.717, 1.165) is 63.5 Å². The highest BCUT2D eigenvalue weighted by Gasteiger charge is 2.33. The van der Waals surface area contributed by atoms with Crippen molar-refractivity contribution in [3.8, 4) is 11.5 Å². The Bertz CT molecular complexity index is 858. The van der Waals surface area contributed by atoms with Gasteiger partial charge in [0.05, 0.1) is 5.56 Å². The number of phenols is 2. The number of ether oxygens (including phenoxy) is 1. The van der Waals surface area contributed by atoms with Crippen LogP contribution >= 0.6 is 0 Å². The molecule has 0 saturated heterocycles. The van der Waals surface area contributed by atoms with Gasteiger partial charge in [0.1, 0.15) is 11.5 Å². The number of nitrogens with one attached hydrogen (secondary N) is 1. The van der Waals surface area contributed by atoms with E-state index in [4.69, 9.17) is 4.74 Å². The standard InChI is InChI=1S/C29H45NO4/c1-6-8-9-12-22-19-25(31)27(24-18-21(5)13-14-23(24)20(3)4)28(32)26(22)29(33)30-15-10-11-17-34-16-7-2/h18-19,23-24,31-32H,3,6-17H2,1-2,4-5H3,(H,30,33). The van der Waals surface area contributed by atoms with Gasteiger partial charge in [-0.1, -0.05) is 50.5 Å². The van der Waals surface area contributed by atoms with E-state index in [1.165, 1.54) is 5.57 Å². The van der Waals surface area contributed by atoms with Crippen LogP contribution in [-0.4, -0.2) is 35.9 Å². The Kier molecular flexibility index (Phi) is 11.7. The molecule has 190 valence electrons. The summed E-state index contributed by atoms with van der Waals surface area (Å²) >= 11 is 0. The number of phenolic OH excluding ortho intramolecular Hbond substituents is 2. The lowest BCUT2D eigenvalue weighted by Gasteiger charge is -2.32. The summed E-state index contributed by atoms with van der Waals surface area (Å²) in [5.74, 6) is -0.375. The summed E-state index contributed by atoms with van der Waals surface area (Å²) in [6.45, 7) is 14.4. The van der Waals surface area contributed by atoms with Crippen LogP contribution in [0.5, 0.6) is 11.5 Å². The molecule has 1 amide bonds. The smallest absolute Gasteiger partial charge is 0.255 e. The Hall–Kier alpha value is -2.27. The number of unbranched alkanes of at least 4 members (excludes halogenated alkanes) is 3. The lowest BCUT2D eigenvalue weighted by Crippen LogP contribution is -2.27. The van der Waals surface area contributed by atoms with E-state index in [9.17, 15) is 15.0 Å². The van der Waals surface area contributed by atoms with Crippen LogP contribution in [0.25, 0.3) is 0 Å². The second-order valence-electron chi connectivity index (χ2n) is 9.75. The van der Waals surface area contributed by atoms with Crippen LogP contribution in [-0.2, 0) is 11.2 Å². The van der Waals surface area contributed by atoms with Gasteiger partial charge in [-0.05, 0) is 76.3 Å². The summed E-state index contributed by atoms with van der Waals surface area (Å²) in [4.78, 5) is 13.3. The van der Waals surface area contributed by atoms with Crippen molar-refractivity contribution < 1.29 is 19.7 Å². The van der Waals surface area contributed by atoms with Crippen molar-refractivity contribution in [3.05, 3.63) is 46.6 Å². The number of rotatable bonds is 14. The molecule has 1 aliphatic carbocycles. The number of hydrogen-bond donors (Lipinski definition) is 3. The first-order valence-electron chi connectivity index (χ1n) is 13.1. The summed E-state index contributed by atoms with van der Waals surface area (Å²) in [6, 6.07) is 1.70. The molecule has 34 heavy (non-hydrogen) atoms. The van der Waals surface area contributed by atoms with Gasteiger partial charge in [-0.25, -0.2) is 0 Å². The largest absolute Gasteiger partial charge is 0.507 e. The van der Waals surface area contributed by atoms with Crippen LogP contribution in [0, 0.1) is 5.92 Å². The summed E-state index contributed by atoms with van der Waals surface area (Å²) in [6.07, 6.45) is 10.3. The van der Waals surface area contributed by atoms with E-state index in [1.54, 1.807) is 6.07 Å². The topological polar surface area (TPSA) is 78.8 Å². The van der Waals surface area contributed by atoms with Crippen molar-refractivity contribution in [1.82, 2.24) is 5.32 Å². The minimum atomic E-state index is -0.275. The van der Waals surface area contributed by atoms with Gasteiger partial charge in [0.15, 0.2) is 0 Å². The van der Waals surface area contributed by atoms with Gasteiger partial charge in [-0.3, -0.25) is 4.79 Å². The summed E-state index contributed by atoms with van der Waals surface area (Å²) < 4.78 is 5.51. The third kappa shape index (κ3) is 7.63. The average molecular weight is 472 g/mol. The van der Waals surface area contributed by atoms with Crippen LogP contribution in [0.2, 0.25) is 0 Å². The zero-order chi connectivity index (χ0) is 25.1. The molecule has 0 heterocycles. The highest BCUT2D eigenvalue weighted by atomic mass is 16.5. The zero-order valence-corrected chi connectivity index (χ0v) is 21.7. The van der Waals surface area contributed by atoms with Crippen molar-refractivity contribution >= 4 is 5.91 Å². The van der Waals surface area contributed by atoms with E-state index in [1.807, 2.05) is 6.92 Å². The number of carbonyl (C=O) groups excluding carboxylic acids is 1. The van der Waals surface area contributed by atoms with Crippen molar-refractivity contribution in [2.75, 3.05) is 19.8 Å². The van der Waals surface area contributed by atoms with E-state index in [2.05, 4.69) is 38.7 Å². The summed E-state index contributed by atoms with van der Waals surface area (Å²) in [5, 5.41) is 25.4. The van der Waals surface area contributed by atoms with Gasteiger partial charge in [-0.2, -0.15) is 0 Å². The minimum absolute atomic E-state index is 0.0656. The Morgan fingerprint density at radius 3 is 2.59 bits per heavy atom. The molecule has 0 fully saturated rings. The molecular weight excluding hydrogens is 426 g/mol. The van der Waals surface area contributed by atoms with Gasteiger partial charge in [-0.15, -0.1) is 0 Å². The third-order valence-corrected chi connectivity index (χ3v) is 6.74. The van der Waals surface area contributed by atoms with Crippen molar-refractivity contribution in [1.29, 1.82) is 0 Å². The summed E-state index contributed by atoms with van der Waals surface area (Å²) in [7, 11) is 0. The van der Waals surface area contributed by atoms with Crippen molar-refractivity contribution in [3.63, 3.8) is 0 Å². The molecule has 5 heteroatoms. The van der Waals surface area contributed by atoms with Gasteiger partial charge >= 0.3 is 0 Å². The zero-order valence-electron chi connectivity index (χ0n) is 21.7. The highest BCUT2D eigenvalue weighted by Crippen LogP contribution is 2.48. The number of carbonyl (C=O) groups is 1. The quantitative estimate of drug-likeness (QED) is 0.206. The molecule has 1 aromatic carbocycles. The molecule has 0 radical (unpaired) electrons. The molecule has 0 saturated carbocycles. The fraction of sp³-hybridized carbons (Fsp3) is 0.621. The molecule has 1 aromatic rings. The van der Waals surface area contributed by atoms with Crippen LogP contribution in [0.1, 0.15) is 106 Å². The molecule has 5 nitrogen and oxygen atoms in total. The molecule has 2 rings (SSSR count). The molecule has 2 unspecified atom stereocenters. The maximum Gasteiger partial charge on any atom is 0.255 e. The van der Waals surface area contributed by atoms with Crippen molar-refractivity contribution in [2.45, 2.75) is 91.4 Å².